The topological polar surface area (TPSA) is 41.6 Å². The molecule has 0 radical (unpaired) electrons. The Kier molecular flexibility index (Phi) is 4.75. The van der Waals surface area contributed by atoms with Gasteiger partial charge in [-0.25, -0.2) is 0 Å². The molecule has 0 aromatic rings. The van der Waals surface area contributed by atoms with Crippen molar-refractivity contribution in [2.24, 2.45) is 11.3 Å². The fourth-order valence-electron chi connectivity index (χ4n) is 3.60. The van der Waals surface area contributed by atoms with Gasteiger partial charge in [0.2, 0.25) is 5.91 Å². The number of hydrogen-bond acceptors (Lipinski definition) is 3. The van der Waals surface area contributed by atoms with Crippen LogP contribution in [0.25, 0.3) is 0 Å². The van der Waals surface area contributed by atoms with Gasteiger partial charge in [0.1, 0.15) is 0 Å². The molecule has 0 saturated carbocycles. The van der Waals surface area contributed by atoms with E-state index in [1.165, 1.54) is 6.42 Å². The number of nitrogens with one attached hydrogen (secondary N) is 1. The minimum Gasteiger partial charge on any atom is -0.377 e. The molecule has 0 aromatic carbocycles. The summed E-state index contributed by atoms with van der Waals surface area (Å²) in [6, 6.07) is 0. The Labute approximate surface area is 123 Å². The van der Waals surface area contributed by atoms with Gasteiger partial charge >= 0.3 is 0 Å². The summed E-state index contributed by atoms with van der Waals surface area (Å²) in [6.45, 7) is 10.0. The number of rotatable bonds is 3. The Morgan fingerprint density at radius 1 is 1.40 bits per heavy atom. The number of amides is 1. The van der Waals surface area contributed by atoms with E-state index < -0.39 is 0 Å². The van der Waals surface area contributed by atoms with Crippen molar-refractivity contribution in [2.45, 2.75) is 52.1 Å². The summed E-state index contributed by atoms with van der Waals surface area (Å²) in [7, 11) is 1.75. The summed E-state index contributed by atoms with van der Waals surface area (Å²) in [5.74, 6) is 0.744. The zero-order valence-corrected chi connectivity index (χ0v) is 13.5. The first kappa shape index (κ1) is 15.8. The molecule has 2 fully saturated rings. The molecule has 2 rings (SSSR count). The molecule has 1 N–H and O–H groups in total. The van der Waals surface area contributed by atoms with Crippen LogP contribution in [0, 0.1) is 11.3 Å². The molecule has 20 heavy (non-hydrogen) atoms. The lowest BCUT2D eigenvalue weighted by molar-refractivity contribution is -0.151. The number of carbonyl (C=O) groups is 1. The molecule has 2 heterocycles. The fourth-order valence-corrected chi connectivity index (χ4v) is 3.60. The third-order valence-electron chi connectivity index (χ3n) is 5.31. The molecule has 4 nitrogen and oxygen atoms in total. The highest BCUT2D eigenvalue weighted by molar-refractivity contribution is 5.82. The van der Waals surface area contributed by atoms with E-state index in [4.69, 9.17) is 4.74 Å². The Balaban J connectivity index is 2.05. The minimum absolute atomic E-state index is 0.172. The van der Waals surface area contributed by atoms with Crippen LogP contribution in [0.1, 0.15) is 46.5 Å². The van der Waals surface area contributed by atoms with Gasteiger partial charge in [0, 0.05) is 25.6 Å². The van der Waals surface area contributed by atoms with Crippen molar-refractivity contribution in [1.29, 1.82) is 0 Å². The van der Waals surface area contributed by atoms with Crippen molar-refractivity contribution in [3.8, 4) is 0 Å². The van der Waals surface area contributed by atoms with E-state index in [9.17, 15) is 4.79 Å². The molecule has 4 heteroatoms. The van der Waals surface area contributed by atoms with Crippen LogP contribution in [0.15, 0.2) is 0 Å². The van der Waals surface area contributed by atoms with Crippen molar-refractivity contribution in [3.05, 3.63) is 0 Å². The quantitative estimate of drug-likeness (QED) is 0.861. The normalized spacial score (nSPS) is 32.2. The van der Waals surface area contributed by atoms with E-state index in [0.29, 0.717) is 11.8 Å². The Bertz CT molecular complexity index is 350. The molecule has 116 valence electrons. The predicted molar refractivity (Wildman–Crippen MR) is 80.6 cm³/mol. The standard InChI is InChI=1S/C16H30N2O2/c1-15(2,13-7-5-9-17-11-13)14(19)18-10-6-8-16(3,12-18)20-4/h13,17H,5-12H2,1-4H3. The van der Waals surface area contributed by atoms with Gasteiger partial charge in [0.05, 0.1) is 5.60 Å². The van der Waals surface area contributed by atoms with Gasteiger partial charge in [-0.3, -0.25) is 4.79 Å². The average Bonchev–Trinajstić information content (AvgIpc) is 2.47. The number of methoxy groups -OCH3 is 1. The van der Waals surface area contributed by atoms with Crippen LogP contribution in [0.4, 0.5) is 0 Å². The first-order valence-electron chi connectivity index (χ1n) is 7.94. The van der Waals surface area contributed by atoms with E-state index in [1.807, 2.05) is 4.90 Å². The van der Waals surface area contributed by atoms with Gasteiger partial charge < -0.3 is 15.0 Å². The molecule has 2 unspecified atom stereocenters. The van der Waals surface area contributed by atoms with Crippen LogP contribution < -0.4 is 5.32 Å². The maximum atomic E-state index is 13.0. The summed E-state index contributed by atoms with van der Waals surface area (Å²) >= 11 is 0. The first-order chi connectivity index (χ1) is 9.39. The molecule has 2 saturated heterocycles. The molecular formula is C16H30N2O2. The second-order valence-electron chi connectivity index (χ2n) is 7.25. The molecule has 1 amide bonds. The second-order valence-corrected chi connectivity index (χ2v) is 7.25. The van der Waals surface area contributed by atoms with Crippen LogP contribution in [0.5, 0.6) is 0 Å². The molecule has 0 aromatic heterocycles. The van der Waals surface area contributed by atoms with Crippen molar-refractivity contribution < 1.29 is 9.53 Å². The summed E-state index contributed by atoms with van der Waals surface area (Å²) < 4.78 is 5.61. The molecule has 2 aliphatic heterocycles. The van der Waals surface area contributed by atoms with E-state index in [1.54, 1.807) is 7.11 Å². The van der Waals surface area contributed by atoms with Crippen LogP contribution in [0.2, 0.25) is 0 Å². The van der Waals surface area contributed by atoms with E-state index in [-0.39, 0.29) is 11.0 Å². The maximum Gasteiger partial charge on any atom is 0.228 e. The third kappa shape index (κ3) is 3.17. The number of nitrogens with zero attached hydrogens (tertiary/aromatic N) is 1. The molecule has 0 aliphatic carbocycles. The van der Waals surface area contributed by atoms with Crippen molar-refractivity contribution in [1.82, 2.24) is 10.2 Å². The minimum atomic E-state index is -0.278. The maximum absolute atomic E-state index is 13.0. The largest absolute Gasteiger partial charge is 0.377 e. The van der Waals surface area contributed by atoms with Crippen LogP contribution in [-0.2, 0) is 9.53 Å². The number of carbonyl (C=O) groups excluding carboxylic acids is 1. The van der Waals surface area contributed by atoms with Crippen LogP contribution in [0.3, 0.4) is 0 Å². The molecule has 0 spiro atoms. The third-order valence-corrected chi connectivity index (χ3v) is 5.31. The van der Waals surface area contributed by atoms with Gasteiger partial charge in [-0.2, -0.15) is 0 Å². The van der Waals surface area contributed by atoms with E-state index in [2.05, 4.69) is 26.1 Å². The summed E-state index contributed by atoms with van der Waals surface area (Å²) in [5.41, 5.74) is -0.450. The average molecular weight is 282 g/mol. The second kappa shape index (κ2) is 6.02. The highest BCUT2D eigenvalue weighted by Crippen LogP contribution is 2.35. The highest BCUT2D eigenvalue weighted by Gasteiger charge is 2.42. The van der Waals surface area contributed by atoms with Gasteiger partial charge in [-0.1, -0.05) is 13.8 Å². The number of piperidine rings is 2. The lowest BCUT2D eigenvalue weighted by Gasteiger charge is -2.44. The Hall–Kier alpha value is -0.610. The van der Waals surface area contributed by atoms with Crippen molar-refractivity contribution in [2.75, 3.05) is 33.3 Å². The molecular weight excluding hydrogens is 252 g/mol. The van der Waals surface area contributed by atoms with Crippen LogP contribution >= 0.6 is 0 Å². The van der Waals surface area contributed by atoms with Crippen molar-refractivity contribution in [3.63, 3.8) is 0 Å². The Morgan fingerprint density at radius 3 is 2.75 bits per heavy atom. The van der Waals surface area contributed by atoms with Crippen LogP contribution in [-0.4, -0.2) is 49.7 Å². The van der Waals surface area contributed by atoms with Gasteiger partial charge in [0.15, 0.2) is 0 Å². The van der Waals surface area contributed by atoms with Gasteiger partial charge in [0.25, 0.3) is 0 Å². The van der Waals surface area contributed by atoms with E-state index in [0.717, 1.165) is 45.4 Å². The SMILES string of the molecule is COC1(C)CCCN(C(=O)C(C)(C)C2CCCNC2)C1. The Morgan fingerprint density at radius 2 is 2.15 bits per heavy atom. The zero-order valence-electron chi connectivity index (χ0n) is 13.5. The van der Waals surface area contributed by atoms with Crippen molar-refractivity contribution >= 4 is 5.91 Å². The fraction of sp³-hybridized carbons (Fsp3) is 0.938. The first-order valence-corrected chi connectivity index (χ1v) is 7.94. The predicted octanol–water partition coefficient (Wildman–Crippen LogP) is 2.04. The highest BCUT2D eigenvalue weighted by atomic mass is 16.5. The number of hydrogen-bond donors (Lipinski definition) is 1. The molecule has 2 atom stereocenters. The lowest BCUT2D eigenvalue weighted by Crippen LogP contribution is -2.55. The summed E-state index contributed by atoms with van der Waals surface area (Å²) in [6.07, 6.45) is 4.41. The number of ether oxygens (including phenoxy) is 1. The lowest BCUT2D eigenvalue weighted by atomic mass is 9.73. The molecule has 2 aliphatic rings. The smallest absolute Gasteiger partial charge is 0.228 e. The zero-order chi connectivity index (χ0) is 14.8. The monoisotopic (exact) mass is 282 g/mol. The number of likely N-dealkylation sites (tertiary alicyclic amines) is 1. The molecule has 0 bridgehead atoms. The summed E-state index contributed by atoms with van der Waals surface area (Å²) in [5, 5.41) is 3.43. The van der Waals surface area contributed by atoms with E-state index >= 15 is 0 Å². The van der Waals surface area contributed by atoms with Gasteiger partial charge in [-0.15, -0.1) is 0 Å². The summed E-state index contributed by atoms with van der Waals surface area (Å²) in [4.78, 5) is 15.0. The van der Waals surface area contributed by atoms with Gasteiger partial charge in [-0.05, 0) is 51.6 Å².